The molecule has 3 rings (SSSR count). The Labute approximate surface area is 126 Å². The molecule has 0 fully saturated rings. The smallest absolute Gasteiger partial charge is 0.226 e. The van der Waals surface area contributed by atoms with Gasteiger partial charge in [0.05, 0.1) is 11.4 Å². The van der Waals surface area contributed by atoms with Gasteiger partial charge in [-0.15, -0.1) is 0 Å². The number of rotatable bonds is 3. The van der Waals surface area contributed by atoms with E-state index < -0.39 is 0 Å². The molecule has 106 valence electrons. The Morgan fingerprint density at radius 2 is 1.90 bits per heavy atom. The van der Waals surface area contributed by atoms with E-state index >= 15 is 0 Å². The van der Waals surface area contributed by atoms with Crippen molar-refractivity contribution in [3.05, 3.63) is 46.6 Å². The molecule has 1 N–H and O–H groups in total. The van der Waals surface area contributed by atoms with Gasteiger partial charge in [-0.1, -0.05) is 17.7 Å². The first-order valence-corrected chi connectivity index (χ1v) is 6.82. The van der Waals surface area contributed by atoms with Crippen molar-refractivity contribution in [1.82, 2.24) is 24.9 Å². The van der Waals surface area contributed by atoms with Crippen molar-refractivity contribution in [1.29, 1.82) is 0 Å². The summed E-state index contributed by atoms with van der Waals surface area (Å²) >= 11 is 6.16. The van der Waals surface area contributed by atoms with Crippen LogP contribution in [-0.2, 0) is 6.54 Å². The highest BCUT2D eigenvalue weighted by Gasteiger charge is 2.10. The zero-order valence-electron chi connectivity index (χ0n) is 11.6. The van der Waals surface area contributed by atoms with E-state index in [2.05, 4.69) is 30.2 Å². The largest absolute Gasteiger partial charge is 0.350 e. The fourth-order valence-electron chi connectivity index (χ4n) is 1.84. The van der Waals surface area contributed by atoms with Gasteiger partial charge in [0, 0.05) is 18.9 Å². The summed E-state index contributed by atoms with van der Waals surface area (Å²) < 4.78 is 0. The van der Waals surface area contributed by atoms with Crippen LogP contribution in [0, 0.1) is 13.8 Å². The van der Waals surface area contributed by atoms with Crippen LogP contribution in [0.25, 0.3) is 11.2 Å². The minimum absolute atomic E-state index is 0.296. The molecular formula is C14H13ClN6. The molecule has 0 radical (unpaired) electrons. The molecule has 0 atom stereocenters. The lowest BCUT2D eigenvalue weighted by Crippen LogP contribution is -2.06. The van der Waals surface area contributed by atoms with Crippen LogP contribution in [0.15, 0.2) is 24.5 Å². The molecule has 0 spiro atoms. The molecular weight excluding hydrogens is 288 g/mol. The van der Waals surface area contributed by atoms with Crippen molar-refractivity contribution in [2.75, 3.05) is 5.32 Å². The van der Waals surface area contributed by atoms with Gasteiger partial charge in [-0.2, -0.15) is 9.97 Å². The minimum Gasteiger partial charge on any atom is -0.350 e. The Morgan fingerprint density at radius 3 is 2.67 bits per heavy atom. The van der Waals surface area contributed by atoms with E-state index in [9.17, 15) is 0 Å². The number of pyridine rings is 1. The molecule has 0 saturated heterocycles. The third-order valence-electron chi connectivity index (χ3n) is 3.07. The van der Waals surface area contributed by atoms with E-state index in [1.807, 2.05) is 26.0 Å². The van der Waals surface area contributed by atoms with Crippen LogP contribution in [-0.4, -0.2) is 24.9 Å². The van der Waals surface area contributed by atoms with Gasteiger partial charge in [0.25, 0.3) is 0 Å². The normalized spacial score (nSPS) is 10.8. The maximum atomic E-state index is 6.16. The summed E-state index contributed by atoms with van der Waals surface area (Å²) in [5.74, 6) is 0.425. The van der Waals surface area contributed by atoms with E-state index in [4.69, 9.17) is 11.6 Å². The van der Waals surface area contributed by atoms with E-state index in [0.717, 1.165) is 17.0 Å². The average Bonchev–Trinajstić information content (AvgIpc) is 2.48. The average molecular weight is 301 g/mol. The zero-order chi connectivity index (χ0) is 14.8. The second-order valence-corrected chi connectivity index (χ2v) is 4.98. The Bertz CT molecular complexity index is 790. The van der Waals surface area contributed by atoms with E-state index in [-0.39, 0.29) is 0 Å². The molecule has 3 aromatic rings. The van der Waals surface area contributed by atoms with Crippen LogP contribution in [0.3, 0.4) is 0 Å². The number of halogens is 1. The van der Waals surface area contributed by atoms with Gasteiger partial charge < -0.3 is 5.32 Å². The van der Waals surface area contributed by atoms with E-state index in [1.54, 1.807) is 12.4 Å². The third kappa shape index (κ3) is 2.90. The van der Waals surface area contributed by atoms with Gasteiger partial charge in [-0.25, -0.2) is 9.97 Å². The fraction of sp³-hybridized carbons (Fsp3) is 0.214. The van der Waals surface area contributed by atoms with Gasteiger partial charge in [0.1, 0.15) is 5.52 Å². The summed E-state index contributed by atoms with van der Waals surface area (Å²) in [5.41, 5.74) is 3.70. The van der Waals surface area contributed by atoms with Gasteiger partial charge in [-0.05, 0) is 25.5 Å². The molecule has 0 saturated carbocycles. The number of fused-ring (bicyclic) bond motifs is 1. The third-order valence-corrected chi connectivity index (χ3v) is 3.34. The summed E-state index contributed by atoms with van der Waals surface area (Å²) in [6.45, 7) is 4.33. The van der Waals surface area contributed by atoms with Crippen LogP contribution in [0.2, 0.25) is 5.15 Å². The SMILES string of the molecule is Cc1nc2nc(NCc3cccnc3)nc(Cl)c2nc1C. The summed E-state index contributed by atoms with van der Waals surface area (Å²) in [6.07, 6.45) is 3.51. The van der Waals surface area contributed by atoms with Crippen molar-refractivity contribution >= 4 is 28.7 Å². The molecule has 0 amide bonds. The van der Waals surface area contributed by atoms with Crippen molar-refractivity contribution in [2.45, 2.75) is 20.4 Å². The van der Waals surface area contributed by atoms with Gasteiger partial charge in [-0.3, -0.25) is 4.98 Å². The molecule has 6 nitrogen and oxygen atoms in total. The van der Waals surface area contributed by atoms with Crippen molar-refractivity contribution in [3.63, 3.8) is 0 Å². The number of aromatic nitrogens is 5. The van der Waals surface area contributed by atoms with Crippen LogP contribution in [0.1, 0.15) is 17.0 Å². The Balaban J connectivity index is 1.91. The second-order valence-electron chi connectivity index (χ2n) is 4.62. The summed E-state index contributed by atoms with van der Waals surface area (Å²) in [4.78, 5) is 21.4. The Kier molecular flexibility index (Phi) is 3.62. The number of nitrogens with one attached hydrogen (secondary N) is 1. The second kappa shape index (κ2) is 5.57. The highest BCUT2D eigenvalue weighted by molar-refractivity contribution is 6.33. The topological polar surface area (TPSA) is 76.5 Å². The zero-order valence-corrected chi connectivity index (χ0v) is 12.4. The minimum atomic E-state index is 0.296. The lowest BCUT2D eigenvalue weighted by molar-refractivity contribution is 1.02. The maximum Gasteiger partial charge on any atom is 0.226 e. The molecule has 0 aromatic carbocycles. The summed E-state index contributed by atoms with van der Waals surface area (Å²) in [7, 11) is 0. The highest BCUT2D eigenvalue weighted by atomic mass is 35.5. The molecule has 21 heavy (non-hydrogen) atoms. The first-order valence-electron chi connectivity index (χ1n) is 6.45. The number of hydrogen-bond donors (Lipinski definition) is 1. The number of hydrogen-bond acceptors (Lipinski definition) is 6. The molecule has 3 aromatic heterocycles. The molecule has 0 aliphatic carbocycles. The monoisotopic (exact) mass is 300 g/mol. The quantitative estimate of drug-likeness (QED) is 0.749. The molecule has 0 aliphatic heterocycles. The van der Waals surface area contributed by atoms with Gasteiger partial charge >= 0.3 is 0 Å². The Hall–Kier alpha value is -2.34. The standard InChI is InChI=1S/C14H13ClN6/c1-8-9(2)19-13-11(18-8)12(15)20-14(21-13)17-7-10-4-3-5-16-6-10/h3-6H,7H2,1-2H3,(H,17,19,20,21). The van der Waals surface area contributed by atoms with Gasteiger partial charge in [0.2, 0.25) is 5.95 Å². The molecule has 7 heteroatoms. The summed E-state index contributed by atoms with van der Waals surface area (Å²) in [5, 5.41) is 3.41. The van der Waals surface area contributed by atoms with Crippen molar-refractivity contribution < 1.29 is 0 Å². The van der Waals surface area contributed by atoms with Crippen LogP contribution in [0.5, 0.6) is 0 Å². The maximum absolute atomic E-state index is 6.16. The first-order chi connectivity index (χ1) is 10.1. The number of nitrogens with zero attached hydrogens (tertiary/aromatic N) is 5. The number of aryl methyl sites for hydroxylation is 2. The first kappa shape index (κ1) is 13.6. The predicted octanol–water partition coefficient (Wildman–Crippen LogP) is 2.70. The van der Waals surface area contributed by atoms with Crippen LogP contribution >= 0.6 is 11.6 Å². The molecule has 3 heterocycles. The van der Waals surface area contributed by atoms with Crippen LogP contribution in [0.4, 0.5) is 5.95 Å². The number of anilines is 1. The van der Waals surface area contributed by atoms with E-state index in [1.165, 1.54) is 0 Å². The van der Waals surface area contributed by atoms with Crippen LogP contribution < -0.4 is 5.32 Å². The molecule has 0 unspecified atom stereocenters. The van der Waals surface area contributed by atoms with E-state index in [0.29, 0.717) is 28.8 Å². The summed E-state index contributed by atoms with van der Waals surface area (Å²) in [6, 6.07) is 3.85. The van der Waals surface area contributed by atoms with Crippen molar-refractivity contribution in [2.24, 2.45) is 0 Å². The lowest BCUT2D eigenvalue weighted by Gasteiger charge is -2.07. The molecule has 0 aliphatic rings. The molecule has 0 bridgehead atoms. The Morgan fingerprint density at radius 1 is 1.10 bits per heavy atom. The van der Waals surface area contributed by atoms with Crippen molar-refractivity contribution in [3.8, 4) is 0 Å². The predicted molar refractivity (Wildman–Crippen MR) is 81.2 cm³/mol. The highest BCUT2D eigenvalue weighted by Crippen LogP contribution is 2.20. The van der Waals surface area contributed by atoms with Gasteiger partial charge in [0.15, 0.2) is 10.8 Å². The lowest BCUT2D eigenvalue weighted by atomic mass is 10.3. The fourth-order valence-corrected chi connectivity index (χ4v) is 2.05.